The number of benzene rings is 1. The summed E-state index contributed by atoms with van der Waals surface area (Å²) in [5, 5.41) is 12.9. The molecular weight excluding hydrogens is 294 g/mol. The van der Waals surface area contributed by atoms with Crippen molar-refractivity contribution < 1.29 is 14.6 Å². The van der Waals surface area contributed by atoms with Crippen LogP contribution in [0.25, 0.3) is 0 Å². The molecule has 1 aliphatic rings. The van der Waals surface area contributed by atoms with Crippen LogP contribution in [0.5, 0.6) is 11.5 Å². The molecule has 0 bridgehead atoms. The third-order valence-electron chi connectivity index (χ3n) is 4.31. The van der Waals surface area contributed by atoms with E-state index in [0.29, 0.717) is 37.8 Å². The predicted molar refractivity (Wildman–Crippen MR) is 89.4 cm³/mol. The number of nitrogens with zero attached hydrogens (tertiary/aromatic N) is 1. The molecule has 1 aromatic carbocycles. The quantitative estimate of drug-likeness (QED) is 0.703. The predicted octanol–water partition coefficient (Wildman–Crippen LogP) is 1.22. The Morgan fingerprint density at radius 1 is 1.48 bits per heavy atom. The summed E-state index contributed by atoms with van der Waals surface area (Å²) in [6.45, 7) is 2.70. The zero-order valence-corrected chi connectivity index (χ0v) is 13.8. The van der Waals surface area contributed by atoms with Gasteiger partial charge < -0.3 is 20.9 Å². The van der Waals surface area contributed by atoms with E-state index < -0.39 is 0 Å². The summed E-state index contributed by atoms with van der Waals surface area (Å²) in [7, 11) is 1.57. The molecule has 1 atom stereocenters. The highest BCUT2D eigenvalue weighted by Crippen LogP contribution is 2.31. The second-order valence-electron chi connectivity index (χ2n) is 5.93. The van der Waals surface area contributed by atoms with Crippen molar-refractivity contribution in [3.63, 3.8) is 0 Å². The average molecular weight is 321 g/mol. The van der Waals surface area contributed by atoms with E-state index in [2.05, 4.69) is 10.2 Å². The van der Waals surface area contributed by atoms with E-state index in [1.54, 1.807) is 13.2 Å². The van der Waals surface area contributed by atoms with E-state index in [0.717, 1.165) is 24.9 Å². The lowest BCUT2D eigenvalue weighted by atomic mass is 10.0. The first-order valence-corrected chi connectivity index (χ1v) is 8.21. The number of phenols is 1. The molecule has 23 heavy (non-hydrogen) atoms. The van der Waals surface area contributed by atoms with Crippen molar-refractivity contribution in [3.05, 3.63) is 23.8 Å². The number of methoxy groups -OCH3 is 1. The van der Waals surface area contributed by atoms with Gasteiger partial charge >= 0.3 is 0 Å². The molecule has 1 heterocycles. The van der Waals surface area contributed by atoms with E-state index in [-0.39, 0.29) is 11.7 Å². The van der Waals surface area contributed by atoms with Gasteiger partial charge in [-0.1, -0.05) is 18.6 Å². The summed E-state index contributed by atoms with van der Waals surface area (Å²) < 4.78 is 5.32. The van der Waals surface area contributed by atoms with Gasteiger partial charge in [0.25, 0.3) is 0 Å². The summed E-state index contributed by atoms with van der Waals surface area (Å²) >= 11 is 0. The number of piperidine rings is 1. The molecule has 6 nitrogen and oxygen atoms in total. The van der Waals surface area contributed by atoms with Gasteiger partial charge in [0.05, 0.1) is 7.11 Å². The number of phenolic OH excluding ortho intramolecular Hbond substituents is 1. The normalized spacial score (nSPS) is 18.6. The number of ether oxygens (including phenoxy) is 1. The number of para-hydroxylation sites is 1. The molecule has 6 heteroatoms. The van der Waals surface area contributed by atoms with Crippen LogP contribution in [0, 0.1) is 0 Å². The lowest BCUT2D eigenvalue weighted by molar-refractivity contribution is -0.121. The standard InChI is InChI=1S/C17H27N3O3/c1-23-17-13(5-4-7-15(17)21)12-20-10-3-2-6-14(20)11-19-16(22)8-9-18/h4-5,7,14,21H,2-3,6,8-12,18H2,1H3,(H,19,22). The van der Waals surface area contributed by atoms with Gasteiger partial charge in [-0.15, -0.1) is 0 Å². The van der Waals surface area contributed by atoms with Crippen LogP contribution >= 0.6 is 0 Å². The molecule has 128 valence electrons. The third kappa shape index (κ3) is 4.84. The van der Waals surface area contributed by atoms with Crippen molar-refractivity contribution in [1.82, 2.24) is 10.2 Å². The van der Waals surface area contributed by atoms with E-state index in [4.69, 9.17) is 10.5 Å². The van der Waals surface area contributed by atoms with Crippen molar-refractivity contribution in [3.8, 4) is 11.5 Å². The van der Waals surface area contributed by atoms with Gasteiger partial charge in [-0.2, -0.15) is 0 Å². The van der Waals surface area contributed by atoms with Crippen LogP contribution in [-0.4, -0.2) is 48.7 Å². The molecular formula is C17H27N3O3. The molecule has 1 aromatic rings. The Kier molecular flexibility index (Phi) is 6.67. The first-order valence-electron chi connectivity index (χ1n) is 8.21. The number of likely N-dealkylation sites (tertiary alicyclic amines) is 1. The van der Waals surface area contributed by atoms with Gasteiger partial charge in [0.1, 0.15) is 0 Å². The summed E-state index contributed by atoms with van der Waals surface area (Å²) in [5.41, 5.74) is 6.37. The minimum absolute atomic E-state index is 0.00737. The van der Waals surface area contributed by atoms with E-state index >= 15 is 0 Å². The van der Waals surface area contributed by atoms with Crippen molar-refractivity contribution >= 4 is 5.91 Å². The maximum atomic E-state index is 11.6. The average Bonchev–Trinajstić information content (AvgIpc) is 2.54. The molecule has 0 aliphatic carbocycles. The molecule has 2 rings (SSSR count). The van der Waals surface area contributed by atoms with Crippen molar-refractivity contribution in [1.29, 1.82) is 0 Å². The highest BCUT2D eigenvalue weighted by atomic mass is 16.5. The van der Waals surface area contributed by atoms with Crippen LogP contribution in [-0.2, 0) is 11.3 Å². The van der Waals surface area contributed by atoms with Gasteiger partial charge in [-0.3, -0.25) is 9.69 Å². The number of carbonyl (C=O) groups excluding carboxylic acids is 1. The molecule has 0 spiro atoms. The molecule has 4 N–H and O–H groups in total. The molecule has 0 radical (unpaired) electrons. The van der Waals surface area contributed by atoms with Crippen LogP contribution < -0.4 is 15.8 Å². The van der Waals surface area contributed by atoms with Gasteiger partial charge in [0.2, 0.25) is 5.91 Å². The lowest BCUT2D eigenvalue weighted by Crippen LogP contribution is -2.46. The molecule has 0 saturated carbocycles. The number of nitrogens with one attached hydrogen (secondary N) is 1. The second-order valence-corrected chi connectivity index (χ2v) is 5.93. The summed E-state index contributed by atoms with van der Waals surface area (Å²) in [6, 6.07) is 5.73. The number of nitrogens with two attached hydrogens (primary N) is 1. The fourth-order valence-electron chi connectivity index (χ4n) is 3.10. The van der Waals surface area contributed by atoms with Crippen LogP contribution in [0.4, 0.5) is 0 Å². The van der Waals surface area contributed by atoms with Gasteiger partial charge in [-0.05, 0) is 25.5 Å². The zero-order chi connectivity index (χ0) is 16.7. The van der Waals surface area contributed by atoms with Crippen molar-refractivity contribution in [2.45, 2.75) is 38.3 Å². The minimum atomic E-state index is 0.00737. The maximum Gasteiger partial charge on any atom is 0.221 e. The molecule has 1 saturated heterocycles. The fraction of sp³-hybridized carbons (Fsp3) is 0.588. The Morgan fingerprint density at radius 2 is 2.30 bits per heavy atom. The Bertz CT molecular complexity index is 522. The minimum Gasteiger partial charge on any atom is -0.504 e. The van der Waals surface area contributed by atoms with Gasteiger partial charge in [0.15, 0.2) is 11.5 Å². The monoisotopic (exact) mass is 321 g/mol. The van der Waals surface area contributed by atoms with E-state index in [9.17, 15) is 9.90 Å². The van der Waals surface area contributed by atoms with Crippen LogP contribution in [0.1, 0.15) is 31.2 Å². The number of carbonyl (C=O) groups is 1. The summed E-state index contributed by atoms with van der Waals surface area (Å²) in [6.07, 6.45) is 3.75. The number of rotatable bonds is 7. The third-order valence-corrected chi connectivity index (χ3v) is 4.31. The maximum absolute atomic E-state index is 11.6. The summed E-state index contributed by atoms with van der Waals surface area (Å²) in [4.78, 5) is 14.0. The smallest absolute Gasteiger partial charge is 0.221 e. The van der Waals surface area contributed by atoms with Gasteiger partial charge in [-0.25, -0.2) is 0 Å². The van der Waals surface area contributed by atoms with Crippen molar-refractivity contribution in [2.75, 3.05) is 26.7 Å². The molecule has 1 amide bonds. The largest absolute Gasteiger partial charge is 0.504 e. The van der Waals surface area contributed by atoms with E-state index in [1.165, 1.54) is 6.42 Å². The Morgan fingerprint density at radius 3 is 3.04 bits per heavy atom. The topological polar surface area (TPSA) is 87.8 Å². The fourth-order valence-corrected chi connectivity index (χ4v) is 3.10. The van der Waals surface area contributed by atoms with Crippen LogP contribution in [0.3, 0.4) is 0 Å². The number of amides is 1. The second kappa shape index (κ2) is 8.74. The van der Waals surface area contributed by atoms with Gasteiger partial charge in [0, 0.05) is 37.7 Å². The first-order chi connectivity index (χ1) is 11.2. The number of hydrogen-bond acceptors (Lipinski definition) is 5. The SMILES string of the molecule is COc1c(O)cccc1CN1CCCCC1CNC(=O)CCN. The highest BCUT2D eigenvalue weighted by Gasteiger charge is 2.24. The lowest BCUT2D eigenvalue weighted by Gasteiger charge is -2.36. The molecule has 1 fully saturated rings. The van der Waals surface area contributed by atoms with Crippen LogP contribution in [0.15, 0.2) is 18.2 Å². The Labute approximate surface area is 137 Å². The Balaban J connectivity index is 2.01. The summed E-state index contributed by atoms with van der Waals surface area (Å²) in [5.74, 6) is 0.701. The Hall–Kier alpha value is -1.79. The molecule has 1 unspecified atom stereocenters. The van der Waals surface area contributed by atoms with Crippen molar-refractivity contribution in [2.24, 2.45) is 5.73 Å². The highest BCUT2D eigenvalue weighted by molar-refractivity contribution is 5.76. The molecule has 1 aliphatic heterocycles. The van der Waals surface area contributed by atoms with Crippen LogP contribution in [0.2, 0.25) is 0 Å². The number of hydrogen-bond donors (Lipinski definition) is 3. The molecule has 0 aromatic heterocycles. The first kappa shape index (κ1) is 17.6. The van der Waals surface area contributed by atoms with E-state index in [1.807, 2.05) is 12.1 Å². The zero-order valence-electron chi connectivity index (χ0n) is 13.8. The number of aromatic hydroxyl groups is 1.